The second kappa shape index (κ2) is 9.99. The Morgan fingerprint density at radius 2 is 1.57 bits per heavy atom. The zero-order chi connectivity index (χ0) is 24.3. The number of rotatable bonds is 7. The van der Waals surface area contributed by atoms with Crippen LogP contribution in [0.25, 0.3) is 16.9 Å². The number of piperazine rings is 1. The van der Waals surface area contributed by atoms with E-state index in [0.29, 0.717) is 25.5 Å². The average molecular weight is 489 g/mol. The third-order valence-electron chi connectivity index (χ3n) is 6.15. The normalized spacial score (nSPS) is 15.2. The van der Waals surface area contributed by atoms with Gasteiger partial charge >= 0.3 is 0 Å². The third-order valence-corrected chi connectivity index (χ3v) is 8.04. The molecule has 1 fully saturated rings. The Labute approximate surface area is 205 Å². The highest BCUT2D eigenvalue weighted by Gasteiger charge is 2.27. The van der Waals surface area contributed by atoms with Crippen molar-refractivity contribution in [1.82, 2.24) is 24.0 Å². The zero-order valence-corrected chi connectivity index (χ0v) is 20.4. The molecule has 2 aromatic carbocycles. The molecule has 1 saturated heterocycles. The molecule has 1 aliphatic rings. The predicted molar refractivity (Wildman–Crippen MR) is 137 cm³/mol. The Balaban J connectivity index is 1.34. The number of anilines is 1. The summed E-state index contributed by atoms with van der Waals surface area (Å²) in [5, 5.41) is 8.15. The van der Waals surface area contributed by atoms with Crippen LogP contribution in [0.1, 0.15) is 5.56 Å². The number of benzene rings is 2. The third kappa shape index (κ3) is 5.12. The van der Waals surface area contributed by atoms with Gasteiger partial charge in [0.2, 0.25) is 10.0 Å². The molecular formula is C26H28N6O2S. The lowest BCUT2D eigenvalue weighted by Crippen LogP contribution is -2.47. The lowest BCUT2D eigenvalue weighted by atomic mass is 10.1. The summed E-state index contributed by atoms with van der Waals surface area (Å²) >= 11 is 0. The van der Waals surface area contributed by atoms with Crippen LogP contribution in [0, 0.1) is 0 Å². The van der Waals surface area contributed by atoms with Gasteiger partial charge in [0.25, 0.3) is 0 Å². The standard InChI is InChI=1S/C26H28N6O2S/c1-30-14-16-31(17-15-30)35(33,34)24-12-13-25(28-19-24)27-18-22-20-32(23-10-6-3-7-11-23)29-26(22)21-8-4-2-5-9-21/h2-13,19-20H,14-18H2,1H3,(H,27,28). The summed E-state index contributed by atoms with van der Waals surface area (Å²) in [6.07, 6.45) is 3.44. The molecule has 0 bridgehead atoms. The van der Waals surface area contributed by atoms with Gasteiger partial charge in [-0.15, -0.1) is 0 Å². The molecule has 8 nitrogen and oxygen atoms in total. The Morgan fingerprint density at radius 3 is 2.23 bits per heavy atom. The Hall–Kier alpha value is -3.53. The first kappa shape index (κ1) is 23.2. The van der Waals surface area contributed by atoms with Crippen LogP contribution in [0.2, 0.25) is 0 Å². The SMILES string of the molecule is CN1CCN(S(=O)(=O)c2ccc(NCc3cn(-c4ccccc4)nc3-c3ccccc3)nc2)CC1. The van der Waals surface area contributed by atoms with Crippen molar-refractivity contribution in [3.8, 4) is 16.9 Å². The fourth-order valence-corrected chi connectivity index (χ4v) is 5.46. The van der Waals surface area contributed by atoms with Gasteiger partial charge in [-0.1, -0.05) is 48.5 Å². The molecule has 180 valence electrons. The van der Waals surface area contributed by atoms with E-state index >= 15 is 0 Å². The molecule has 1 aliphatic heterocycles. The van der Waals surface area contributed by atoms with Gasteiger partial charge in [0, 0.05) is 56.2 Å². The van der Waals surface area contributed by atoms with Gasteiger partial charge in [-0.3, -0.25) is 0 Å². The minimum absolute atomic E-state index is 0.217. The first-order valence-corrected chi connectivity index (χ1v) is 13.0. The molecule has 3 heterocycles. The van der Waals surface area contributed by atoms with Gasteiger partial charge < -0.3 is 10.2 Å². The Morgan fingerprint density at radius 1 is 0.886 bits per heavy atom. The molecule has 9 heteroatoms. The van der Waals surface area contributed by atoms with Crippen molar-refractivity contribution in [3.63, 3.8) is 0 Å². The monoisotopic (exact) mass is 488 g/mol. The van der Waals surface area contributed by atoms with E-state index in [-0.39, 0.29) is 4.90 Å². The summed E-state index contributed by atoms with van der Waals surface area (Å²) in [5.74, 6) is 0.605. The van der Waals surface area contributed by atoms with E-state index < -0.39 is 10.0 Å². The highest BCUT2D eigenvalue weighted by molar-refractivity contribution is 7.89. The van der Waals surface area contributed by atoms with Crippen LogP contribution in [0.5, 0.6) is 0 Å². The van der Waals surface area contributed by atoms with Crippen molar-refractivity contribution in [2.45, 2.75) is 11.4 Å². The number of hydrogen-bond acceptors (Lipinski definition) is 6. The molecule has 0 atom stereocenters. The summed E-state index contributed by atoms with van der Waals surface area (Å²) in [6.45, 7) is 2.94. The van der Waals surface area contributed by atoms with Crippen LogP contribution in [0.15, 0.2) is 90.1 Å². The van der Waals surface area contributed by atoms with Gasteiger partial charge in [-0.2, -0.15) is 9.40 Å². The first-order chi connectivity index (χ1) is 17.0. The van der Waals surface area contributed by atoms with Gasteiger partial charge in [-0.25, -0.2) is 18.1 Å². The summed E-state index contributed by atoms with van der Waals surface area (Å²) in [4.78, 5) is 6.73. The summed E-state index contributed by atoms with van der Waals surface area (Å²) in [5.41, 5.74) is 3.90. The van der Waals surface area contributed by atoms with E-state index in [4.69, 9.17) is 5.10 Å². The molecule has 0 spiro atoms. The molecule has 35 heavy (non-hydrogen) atoms. The van der Waals surface area contributed by atoms with E-state index in [0.717, 1.165) is 35.6 Å². The molecule has 4 aromatic rings. The van der Waals surface area contributed by atoms with Gasteiger partial charge in [0.05, 0.1) is 11.4 Å². The Kier molecular flexibility index (Phi) is 6.63. The van der Waals surface area contributed by atoms with Crippen LogP contribution in [0.4, 0.5) is 5.82 Å². The van der Waals surface area contributed by atoms with Crippen molar-refractivity contribution in [1.29, 1.82) is 0 Å². The lowest BCUT2D eigenvalue weighted by Gasteiger charge is -2.31. The van der Waals surface area contributed by atoms with Gasteiger partial charge in [-0.05, 0) is 31.3 Å². The maximum Gasteiger partial charge on any atom is 0.244 e. The van der Waals surface area contributed by atoms with Crippen LogP contribution in [-0.2, 0) is 16.6 Å². The van der Waals surface area contributed by atoms with Crippen molar-refractivity contribution in [2.24, 2.45) is 0 Å². The number of nitrogens with one attached hydrogen (secondary N) is 1. The van der Waals surface area contributed by atoms with Crippen LogP contribution >= 0.6 is 0 Å². The second-order valence-corrected chi connectivity index (χ2v) is 10.5. The molecule has 0 amide bonds. The zero-order valence-electron chi connectivity index (χ0n) is 19.6. The number of aromatic nitrogens is 3. The molecule has 5 rings (SSSR count). The number of para-hydroxylation sites is 1. The molecule has 0 unspecified atom stereocenters. The maximum absolute atomic E-state index is 13.0. The Bertz CT molecular complexity index is 1360. The van der Waals surface area contributed by atoms with Crippen LogP contribution in [0.3, 0.4) is 0 Å². The van der Waals surface area contributed by atoms with Crippen LogP contribution < -0.4 is 5.32 Å². The van der Waals surface area contributed by atoms with Crippen molar-refractivity contribution >= 4 is 15.8 Å². The molecular weight excluding hydrogens is 460 g/mol. The van der Waals surface area contributed by atoms with Crippen molar-refractivity contribution in [2.75, 3.05) is 38.5 Å². The summed E-state index contributed by atoms with van der Waals surface area (Å²) in [7, 11) is -1.54. The van der Waals surface area contributed by atoms with Crippen LogP contribution in [-0.4, -0.2) is 65.6 Å². The van der Waals surface area contributed by atoms with E-state index in [1.54, 1.807) is 12.1 Å². The lowest BCUT2D eigenvalue weighted by molar-refractivity contribution is 0.222. The maximum atomic E-state index is 13.0. The largest absolute Gasteiger partial charge is 0.366 e. The average Bonchev–Trinajstić information content (AvgIpc) is 3.33. The number of likely N-dealkylation sites (N-methyl/N-ethyl adjacent to an activating group) is 1. The first-order valence-electron chi connectivity index (χ1n) is 11.6. The number of hydrogen-bond donors (Lipinski definition) is 1. The van der Waals surface area contributed by atoms with Crippen molar-refractivity contribution in [3.05, 3.63) is 90.8 Å². The van der Waals surface area contributed by atoms with Crippen molar-refractivity contribution < 1.29 is 8.42 Å². The number of nitrogens with zero attached hydrogens (tertiary/aromatic N) is 5. The smallest absolute Gasteiger partial charge is 0.244 e. The topological polar surface area (TPSA) is 83.4 Å². The van der Waals surface area contributed by atoms with E-state index in [9.17, 15) is 8.42 Å². The number of pyridine rings is 1. The fraction of sp³-hybridized carbons (Fsp3) is 0.231. The molecule has 0 radical (unpaired) electrons. The summed E-state index contributed by atoms with van der Waals surface area (Å²) in [6, 6.07) is 23.4. The second-order valence-electron chi connectivity index (χ2n) is 8.59. The fourth-order valence-electron chi connectivity index (χ4n) is 4.09. The highest BCUT2D eigenvalue weighted by Crippen LogP contribution is 2.25. The van der Waals surface area contributed by atoms with Gasteiger partial charge in [0.15, 0.2) is 0 Å². The minimum Gasteiger partial charge on any atom is -0.366 e. The van der Waals surface area contributed by atoms with E-state index in [2.05, 4.69) is 15.2 Å². The predicted octanol–water partition coefficient (Wildman–Crippen LogP) is 3.48. The summed E-state index contributed by atoms with van der Waals surface area (Å²) < 4.78 is 29.3. The van der Waals surface area contributed by atoms with Gasteiger partial charge in [0.1, 0.15) is 10.7 Å². The van der Waals surface area contributed by atoms with E-state index in [1.807, 2.05) is 78.6 Å². The highest BCUT2D eigenvalue weighted by atomic mass is 32.2. The molecule has 0 aliphatic carbocycles. The molecule has 2 aromatic heterocycles. The number of sulfonamides is 1. The minimum atomic E-state index is -3.54. The molecule has 1 N–H and O–H groups in total. The molecule has 0 saturated carbocycles. The quantitative estimate of drug-likeness (QED) is 0.429. The van der Waals surface area contributed by atoms with E-state index in [1.165, 1.54) is 10.5 Å².